The smallest absolute Gasteiger partial charge is 0.0770 e. The lowest BCUT2D eigenvalue weighted by Gasteiger charge is -2.14. The van der Waals surface area contributed by atoms with Crippen LogP contribution in [0.3, 0.4) is 0 Å². The molecule has 0 amide bonds. The van der Waals surface area contributed by atoms with Crippen molar-refractivity contribution >= 4 is 67.8 Å². The van der Waals surface area contributed by atoms with Crippen molar-refractivity contribution in [1.29, 1.82) is 0 Å². The van der Waals surface area contributed by atoms with Crippen molar-refractivity contribution in [3.8, 4) is 0 Å². The largest absolute Gasteiger partial charge is 1.00 e. The first kappa shape index (κ1) is 28.6. The van der Waals surface area contributed by atoms with Crippen LogP contribution in [0.2, 0.25) is 0 Å². The third kappa shape index (κ3) is 19.1. The van der Waals surface area contributed by atoms with E-state index in [9.17, 15) is 0 Å². The molecule has 24 heavy (non-hydrogen) atoms. The van der Waals surface area contributed by atoms with Crippen LogP contribution in [0.1, 0.15) is 90.9 Å². The summed E-state index contributed by atoms with van der Waals surface area (Å²) in [7, 11) is 0. The summed E-state index contributed by atoms with van der Waals surface area (Å²) in [6, 6.07) is 0. The lowest BCUT2D eigenvalue weighted by molar-refractivity contribution is -0.896. The second kappa shape index (κ2) is 21.7. The fraction of sp³-hybridized carbons (Fsp3) is 0.895. The number of unbranched alkanes of at least 4 members (excludes halogenated alkanes) is 10. The Bertz CT molecular complexity index is 290. The summed E-state index contributed by atoms with van der Waals surface area (Å²) in [5.41, 5.74) is 0. The molecule has 0 fully saturated rings. The van der Waals surface area contributed by atoms with Gasteiger partial charge in [0.2, 0.25) is 0 Å². The molecule has 0 rings (SSSR count). The van der Waals surface area contributed by atoms with Crippen LogP contribution in [0.25, 0.3) is 0 Å². The topological polar surface area (TPSA) is 4.44 Å². The highest BCUT2D eigenvalue weighted by molar-refractivity contribution is 14.2. The van der Waals surface area contributed by atoms with Crippen molar-refractivity contribution in [3.63, 3.8) is 0 Å². The molecule has 0 unspecified atom stereocenters. The minimum atomic E-state index is 0. The molecule has 0 atom stereocenters. The lowest BCUT2D eigenvalue weighted by Crippen LogP contribution is -3.11. The van der Waals surface area contributed by atoms with Crippen LogP contribution in [0.4, 0.5) is 0 Å². The van der Waals surface area contributed by atoms with E-state index in [2.05, 4.69) is 81.6 Å². The van der Waals surface area contributed by atoms with E-state index in [1.165, 1.54) is 98.3 Å². The molecule has 0 heterocycles. The van der Waals surface area contributed by atoms with Gasteiger partial charge in [0.1, 0.15) is 0 Å². The highest BCUT2D eigenvalue weighted by Crippen LogP contribution is 2.29. The van der Waals surface area contributed by atoms with E-state index in [0.29, 0.717) is 0 Å². The van der Waals surface area contributed by atoms with Gasteiger partial charge >= 0.3 is 0 Å². The summed E-state index contributed by atoms with van der Waals surface area (Å²) in [6.45, 7) is 8.59. The predicted octanol–water partition coefficient (Wildman–Crippen LogP) is 4.07. The third-order valence-corrected chi connectivity index (χ3v) is 9.08. The van der Waals surface area contributed by atoms with Crippen molar-refractivity contribution in [2.24, 2.45) is 0 Å². The zero-order chi connectivity index (χ0) is 17.3. The fourth-order valence-electron chi connectivity index (χ4n) is 2.94. The summed E-state index contributed by atoms with van der Waals surface area (Å²) in [4.78, 5) is 1.77. The van der Waals surface area contributed by atoms with E-state index >= 15 is 0 Å². The number of nitrogens with one attached hydrogen (secondary N) is 1. The Morgan fingerprint density at radius 2 is 1.00 bits per heavy atom. The molecule has 146 valence electrons. The first-order valence-corrected chi connectivity index (χ1v) is 12.9. The fourth-order valence-corrected chi connectivity index (χ4v) is 3.87. The summed E-state index contributed by atoms with van der Waals surface area (Å²) < 4.78 is 2.99. The highest BCUT2D eigenvalue weighted by Gasteiger charge is 2.01. The molecule has 5 heteroatoms. The minimum absolute atomic E-state index is 0. The molecule has 0 aromatic rings. The molecular weight excluding hydrogens is 703 g/mol. The number of hydrogen-bond donors (Lipinski definition) is 1. The normalized spacial score (nSPS) is 10.8. The van der Waals surface area contributed by atoms with E-state index in [-0.39, 0.29) is 17.0 Å². The Morgan fingerprint density at radius 3 is 1.38 bits per heavy atom. The van der Waals surface area contributed by atoms with Gasteiger partial charge in [0.05, 0.1) is 21.2 Å². The van der Waals surface area contributed by atoms with E-state index in [0.717, 1.165) is 0 Å². The summed E-state index contributed by atoms with van der Waals surface area (Å²) in [5.74, 6) is 0. The van der Waals surface area contributed by atoms with Gasteiger partial charge in [-0.25, -0.2) is 0 Å². The Labute approximate surface area is 203 Å². The summed E-state index contributed by atoms with van der Waals surface area (Å²) in [5, 5.41) is 0. The van der Waals surface area contributed by atoms with Crippen molar-refractivity contribution in [1.82, 2.24) is 0 Å². The van der Waals surface area contributed by atoms with Crippen LogP contribution in [0, 0.1) is 0 Å². The van der Waals surface area contributed by atoms with Crippen LogP contribution in [0.5, 0.6) is 0 Å². The maximum absolute atomic E-state index is 2.50. The van der Waals surface area contributed by atoms with Crippen molar-refractivity contribution in [2.75, 3.05) is 19.6 Å². The van der Waals surface area contributed by atoms with E-state index < -0.39 is 0 Å². The Balaban J connectivity index is 0. The summed E-state index contributed by atoms with van der Waals surface area (Å²) >= 11 is 7.35. The van der Waals surface area contributed by atoms with Gasteiger partial charge < -0.3 is 21.9 Å². The SMILES string of the molecule is CC[NH+](CC)CCCCCCCCCCCCCC(I)=C(I)I.[Br-]. The van der Waals surface area contributed by atoms with Crippen molar-refractivity contribution in [2.45, 2.75) is 90.9 Å². The predicted molar refractivity (Wildman–Crippen MR) is 131 cm³/mol. The molecule has 0 saturated heterocycles. The van der Waals surface area contributed by atoms with Gasteiger partial charge in [0.25, 0.3) is 0 Å². The lowest BCUT2D eigenvalue weighted by atomic mass is 10.1. The van der Waals surface area contributed by atoms with Crippen molar-refractivity contribution in [3.05, 3.63) is 5.17 Å². The molecule has 0 aliphatic heterocycles. The van der Waals surface area contributed by atoms with Gasteiger partial charge in [0.15, 0.2) is 0 Å². The quantitative estimate of drug-likeness (QED) is 0.180. The standard InChI is InChI=1S/C19H36I3N.BrH/c1-3-23(4-2)17-15-13-11-9-7-5-6-8-10-12-14-16-18(20)19(21)22;/h3-17H2,1-2H3;1H. The van der Waals surface area contributed by atoms with Gasteiger partial charge in [-0.2, -0.15) is 0 Å². The van der Waals surface area contributed by atoms with Gasteiger partial charge in [-0.1, -0.05) is 51.4 Å². The summed E-state index contributed by atoms with van der Waals surface area (Å²) in [6.07, 6.45) is 17.2. The molecule has 0 radical (unpaired) electrons. The van der Waals surface area contributed by atoms with Gasteiger partial charge in [-0.3, -0.25) is 0 Å². The number of hydrogen-bond acceptors (Lipinski definition) is 0. The number of halogens is 4. The minimum Gasteiger partial charge on any atom is -1.00 e. The Kier molecular flexibility index (Phi) is 25.8. The zero-order valence-corrected chi connectivity index (χ0v) is 23.7. The van der Waals surface area contributed by atoms with Crippen molar-refractivity contribution < 1.29 is 21.9 Å². The third-order valence-electron chi connectivity index (χ3n) is 4.63. The Morgan fingerprint density at radius 1 is 0.625 bits per heavy atom. The molecule has 0 saturated carbocycles. The molecule has 0 aliphatic carbocycles. The van der Waals surface area contributed by atoms with Crippen LogP contribution in [-0.4, -0.2) is 19.6 Å². The Hall–Kier alpha value is 2.37. The molecular formula is C19H37BrI3N. The zero-order valence-electron chi connectivity index (χ0n) is 15.6. The van der Waals surface area contributed by atoms with Gasteiger partial charge in [-0.05, 0) is 107 Å². The molecule has 0 bridgehead atoms. The molecule has 1 nitrogen and oxygen atoms in total. The van der Waals surface area contributed by atoms with Crippen LogP contribution >= 0.6 is 67.8 Å². The number of allylic oxidation sites excluding steroid dienone is 1. The van der Waals surface area contributed by atoms with Crippen LogP contribution in [-0.2, 0) is 0 Å². The maximum Gasteiger partial charge on any atom is 0.0770 e. The first-order chi connectivity index (χ1) is 11.1. The second-order valence-corrected chi connectivity index (χ2v) is 12.0. The number of rotatable bonds is 16. The molecule has 0 aliphatic rings. The highest BCUT2D eigenvalue weighted by atomic mass is 127. The monoisotopic (exact) mass is 739 g/mol. The molecule has 0 aromatic carbocycles. The van der Waals surface area contributed by atoms with Gasteiger partial charge in [-0.15, -0.1) is 0 Å². The average molecular weight is 740 g/mol. The number of quaternary nitrogens is 1. The van der Waals surface area contributed by atoms with E-state index in [4.69, 9.17) is 0 Å². The first-order valence-electron chi connectivity index (χ1n) is 9.65. The molecule has 1 N–H and O–H groups in total. The maximum atomic E-state index is 2.50. The molecule has 0 aromatic heterocycles. The second-order valence-electron chi connectivity index (χ2n) is 6.51. The van der Waals surface area contributed by atoms with Crippen LogP contribution < -0.4 is 21.9 Å². The van der Waals surface area contributed by atoms with E-state index in [1.54, 1.807) is 8.48 Å². The van der Waals surface area contributed by atoms with Crippen LogP contribution in [0.15, 0.2) is 5.17 Å². The van der Waals surface area contributed by atoms with E-state index in [1.807, 2.05) is 0 Å². The molecule has 0 spiro atoms. The average Bonchev–Trinajstić information content (AvgIpc) is 2.55. The van der Waals surface area contributed by atoms with Gasteiger partial charge in [0, 0.05) is 3.58 Å².